The summed E-state index contributed by atoms with van der Waals surface area (Å²) in [4.78, 5) is 35.1. The first-order valence-electron chi connectivity index (χ1n) is 8.40. The van der Waals surface area contributed by atoms with Crippen molar-refractivity contribution >= 4 is 29.4 Å². The van der Waals surface area contributed by atoms with Crippen LogP contribution >= 0.6 is 0 Å². The highest BCUT2D eigenvalue weighted by Crippen LogP contribution is 2.16. The van der Waals surface area contributed by atoms with Crippen molar-refractivity contribution in [1.29, 1.82) is 5.41 Å². The van der Waals surface area contributed by atoms with E-state index in [1.165, 1.54) is 0 Å². The summed E-state index contributed by atoms with van der Waals surface area (Å²) in [5.41, 5.74) is 7.01. The molecule has 2 rings (SSSR count). The fraction of sp³-hybridized carbons (Fsp3) is 0.158. The number of nitrogen functional groups attached to an aromatic ring is 1. The van der Waals surface area contributed by atoms with Gasteiger partial charge in [-0.1, -0.05) is 30.3 Å². The minimum Gasteiger partial charge on any atom is -0.481 e. The van der Waals surface area contributed by atoms with Crippen molar-refractivity contribution in [2.45, 2.75) is 12.5 Å². The molecule has 9 nitrogen and oxygen atoms in total. The highest BCUT2D eigenvalue weighted by Gasteiger charge is 2.18. The molecular weight excluding hydrogens is 362 g/mol. The number of benzene rings is 2. The van der Waals surface area contributed by atoms with Gasteiger partial charge in [-0.15, -0.1) is 0 Å². The number of carboxylic acid groups (broad SMARTS) is 1. The normalized spacial score (nSPS) is 11.1. The van der Waals surface area contributed by atoms with Crippen molar-refractivity contribution in [1.82, 2.24) is 10.6 Å². The second kappa shape index (κ2) is 9.72. The highest BCUT2D eigenvalue weighted by atomic mass is 16.4. The van der Waals surface area contributed by atoms with Crippen LogP contribution in [0, 0.1) is 5.41 Å². The lowest BCUT2D eigenvalue weighted by molar-refractivity contribution is -0.137. The van der Waals surface area contributed by atoms with Crippen molar-refractivity contribution in [2.24, 2.45) is 5.73 Å². The minimum absolute atomic E-state index is 0.0815. The number of anilines is 1. The molecule has 1 unspecified atom stereocenters. The number of hydrogen-bond donors (Lipinski definition) is 6. The predicted molar refractivity (Wildman–Crippen MR) is 104 cm³/mol. The Balaban J connectivity index is 1.86. The van der Waals surface area contributed by atoms with Crippen LogP contribution in [0.1, 0.15) is 23.6 Å². The monoisotopic (exact) mass is 383 g/mol. The van der Waals surface area contributed by atoms with Crippen LogP contribution in [-0.4, -0.2) is 35.4 Å². The fourth-order valence-corrected chi connectivity index (χ4v) is 2.43. The first-order valence-corrected chi connectivity index (χ1v) is 8.40. The van der Waals surface area contributed by atoms with Gasteiger partial charge in [0.2, 0.25) is 5.91 Å². The summed E-state index contributed by atoms with van der Waals surface area (Å²) in [5, 5.41) is 23.9. The molecule has 7 N–H and O–H groups in total. The molecule has 0 aliphatic carbocycles. The van der Waals surface area contributed by atoms with Gasteiger partial charge in [0, 0.05) is 11.3 Å². The number of amidine groups is 1. The van der Waals surface area contributed by atoms with Gasteiger partial charge in [-0.05, 0) is 29.8 Å². The highest BCUT2D eigenvalue weighted by molar-refractivity contribution is 5.96. The molecule has 1 atom stereocenters. The summed E-state index contributed by atoms with van der Waals surface area (Å²) >= 11 is 0. The fourth-order valence-electron chi connectivity index (χ4n) is 2.43. The van der Waals surface area contributed by atoms with Crippen molar-refractivity contribution in [3.05, 3.63) is 65.7 Å². The number of hydrogen-bond acceptors (Lipinski definition) is 4. The molecule has 146 valence electrons. The summed E-state index contributed by atoms with van der Waals surface area (Å²) < 4.78 is 0. The zero-order valence-electron chi connectivity index (χ0n) is 14.9. The third kappa shape index (κ3) is 6.45. The number of carbonyl (C=O) groups excluding carboxylic acids is 2. The second-order valence-corrected chi connectivity index (χ2v) is 5.93. The molecule has 0 saturated heterocycles. The molecule has 0 aliphatic heterocycles. The van der Waals surface area contributed by atoms with Crippen LogP contribution in [-0.2, 0) is 9.59 Å². The Bertz CT molecular complexity index is 852. The van der Waals surface area contributed by atoms with Crippen molar-refractivity contribution in [3.63, 3.8) is 0 Å². The second-order valence-electron chi connectivity index (χ2n) is 5.93. The molecule has 0 saturated carbocycles. The Morgan fingerprint density at radius 2 is 1.68 bits per heavy atom. The molecule has 2 aromatic rings. The Hall–Kier alpha value is -3.88. The van der Waals surface area contributed by atoms with Gasteiger partial charge in [-0.3, -0.25) is 15.0 Å². The maximum absolute atomic E-state index is 12.1. The summed E-state index contributed by atoms with van der Waals surface area (Å²) in [5.74, 6) is -1.65. The van der Waals surface area contributed by atoms with Crippen LogP contribution in [0.4, 0.5) is 10.5 Å². The van der Waals surface area contributed by atoms with Crippen LogP contribution in [0.3, 0.4) is 0 Å². The molecule has 0 heterocycles. The smallest absolute Gasteiger partial charge is 0.319 e. The van der Waals surface area contributed by atoms with Gasteiger partial charge >= 0.3 is 12.0 Å². The number of aliphatic carboxylic acids is 1. The number of carbonyl (C=O) groups is 3. The summed E-state index contributed by atoms with van der Waals surface area (Å²) in [6.45, 7) is -0.319. The van der Waals surface area contributed by atoms with Crippen LogP contribution in [0.15, 0.2) is 54.6 Å². The number of nitrogens with one attached hydrogen (secondary N) is 4. The van der Waals surface area contributed by atoms with E-state index in [0.717, 1.165) is 0 Å². The largest absolute Gasteiger partial charge is 0.481 e. The predicted octanol–water partition coefficient (Wildman–Crippen LogP) is 1.42. The maximum Gasteiger partial charge on any atom is 0.319 e. The number of urea groups is 1. The van der Waals surface area contributed by atoms with Gasteiger partial charge in [-0.2, -0.15) is 0 Å². The van der Waals surface area contributed by atoms with Crippen LogP contribution in [0.5, 0.6) is 0 Å². The molecule has 0 bridgehead atoms. The molecule has 0 aromatic heterocycles. The lowest BCUT2D eigenvalue weighted by Gasteiger charge is -2.17. The molecule has 28 heavy (non-hydrogen) atoms. The lowest BCUT2D eigenvalue weighted by atomic mass is 10.0. The van der Waals surface area contributed by atoms with Crippen LogP contribution < -0.4 is 21.7 Å². The summed E-state index contributed by atoms with van der Waals surface area (Å²) in [6.07, 6.45) is -0.273. The topological polar surface area (TPSA) is 157 Å². The first kappa shape index (κ1) is 20.4. The number of carboxylic acids is 1. The number of nitrogens with two attached hydrogens (primary N) is 1. The van der Waals surface area contributed by atoms with Crippen molar-refractivity contribution < 1.29 is 19.5 Å². The van der Waals surface area contributed by atoms with Crippen LogP contribution in [0.25, 0.3) is 0 Å². The van der Waals surface area contributed by atoms with Gasteiger partial charge in [0.25, 0.3) is 0 Å². The van der Waals surface area contributed by atoms with Gasteiger partial charge < -0.3 is 26.8 Å². The standard InChI is InChI=1S/C19H21N5O4/c20-18(21)13-6-8-14(9-7-13)23-19(28)22-11-16(25)24-15(10-17(26)27)12-4-2-1-3-5-12/h1-9,15H,10-11H2,(H3,20,21)(H,24,25)(H,26,27)(H2,22,23,28). The average molecular weight is 383 g/mol. The molecule has 0 fully saturated rings. The van der Waals surface area contributed by atoms with E-state index < -0.39 is 23.9 Å². The summed E-state index contributed by atoms with van der Waals surface area (Å²) in [6, 6.07) is 13.8. The van der Waals surface area contributed by atoms with Crippen LogP contribution in [0.2, 0.25) is 0 Å². The van der Waals surface area contributed by atoms with Gasteiger partial charge in [0.1, 0.15) is 5.84 Å². The summed E-state index contributed by atoms with van der Waals surface area (Å²) in [7, 11) is 0. The molecule has 0 radical (unpaired) electrons. The van der Waals surface area contributed by atoms with E-state index in [4.69, 9.17) is 16.2 Å². The molecule has 2 aromatic carbocycles. The number of amides is 3. The van der Waals surface area contributed by atoms with E-state index >= 15 is 0 Å². The third-order valence-corrected chi connectivity index (χ3v) is 3.78. The SMILES string of the molecule is N=C(N)c1ccc(NC(=O)NCC(=O)NC(CC(=O)O)c2ccccc2)cc1. The Labute approximate surface area is 161 Å². The molecule has 0 spiro atoms. The van der Waals surface area contributed by atoms with E-state index in [1.807, 2.05) is 0 Å². The lowest BCUT2D eigenvalue weighted by Crippen LogP contribution is -2.40. The van der Waals surface area contributed by atoms with Gasteiger partial charge in [-0.25, -0.2) is 4.79 Å². The Morgan fingerprint density at radius 1 is 1.04 bits per heavy atom. The average Bonchev–Trinajstić information content (AvgIpc) is 2.66. The molecule has 9 heteroatoms. The molecule has 3 amide bonds. The Kier molecular flexibility index (Phi) is 7.09. The maximum atomic E-state index is 12.1. The Morgan fingerprint density at radius 3 is 2.25 bits per heavy atom. The number of rotatable bonds is 8. The van der Waals surface area contributed by atoms with E-state index in [0.29, 0.717) is 16.8 Å². The first-order chi connectivity index (χ1) is 13.3. The van der Waals surface area contributed by atoms with Crippen molar-refractivity contribution in [3.8, 4) is 0 Å². The quantitative estimate of drug-likeness (QED) is 0.300. The van der Waals surface area contributed by atoms with E-state index in [-0.39, 0.29) is 18.8 Å². The minimum atomic E-state index is -1.05. The van der Waals surface area contributed by atoms with E-state index in [9.17, 15) is 14.4 Å². The van der Waals surface area contributed by atoms with Crippen molar-refractivity contribution in [2.75, 3.05) is 11.9 Å². The molecular formula is C19H21N5O4. The van der Waals surface area contributed by atoms with E-state index in [2.05, 4.69) is 16.0 Å². The van der Waals surface area contributed by atoms with E-state index in [1.54, 1.807) is 54.6 Å². The molecule has 0 aliphatic rings. The third-order valence-electron chi connectivity index (χ3n) is 3.78. The van der Waals surface area contributed by atoms with Gasteiger partial charge in [0.15, 0.2) is 0 Å². The zero-order valence-corrected chi connectivity index (χ0v) is 14.9. The zero-order chi connectivity index (χ0) is 20.5. The van der Waals surface area contributed by atoms with Gasteiger partial charge in [0.05, 0.1) is 19.0 Å².